The van der Waals surface area contributed by atoms with Gasteiger partial charge in [0, 0.05) is 17.6 Å². The molecule has 0 unspecified atom stereocenters. The van der Waals surface area contributed by atoms with Gasteiger partial charge in [-0.2, -0.15) is 0 Å². The largest absolute Gasteiger partial charge is 0.504 e. The number of benzene rings is 2. The van der Waals surface area contributed by atoms with E-state index in [1.807, 2.05) is 30.3 Å². The van der Waals surface area contributed by atoms with Gasteiger partial charge >= 0.3 is 0 Å². The first-order valence-corrected chi connectivity index (χ1v) is 10.6. The first-order valence-electron chi connectivity index (χ1n) is 8.71. The minimum Gasteiger partial charge on any atom is -0.504 e. The molecule has 0 bridgehead atoms. The number of sulfonamides is 1. The van der Waals surface area contributed by atoms with E-state index in [-0.39, 0.29) is 35.2 Å². The predicted molar refractivity (Wildman–Crippen MR) is 114 cm³/mol. The fourth-order valence-electron chi connectivity index (χ4n) is 2.90. The van der Waals surface area contributed by atoms with E-state index in [1.54, 1.807) is 19.1 Å². The van der Waals surface area contributed by atoms with Crippen LogP contribution >= 0.6 is 11.6 Å². The molecule has 28 heavy (non-hydrogen) atoms. The molecular formula is C21H25ClN2O3S. The summed E-state index contributed by atoms with van der Waals surface area (Å²) < 4.78 is 27.8. The third kappa shape index (κ3) is 5.01. The van der Waals surface area contributed by atoms with Crippen LogP contribution in [-0.2, 0) is 16.4 Å². The number of aromatic nitrogens is 1. The number of pyridine rings is 1. The number of phenolic OH excluding ortho intramolecular Hbond substituents is 1. The van der Waals surface area contributed by atoms with Crippen LogP contribution in [0.5, 0.6) is 5.75 Å². The van der Waals surface area contributed by atoms with Gasteiger partial charge in [-0.05, 0) is 49.9 Å². The Hall–Kier alpha value is -2.15. The fourth-order valence-corrected chi connectivity index (χ4v) is 4.41. The highest BCUT2D eigenvalue weighted by atomic mass is 35.5. The minimum absolute atomic E-state index is 0. The van der Waals surface area contributed by atoms with Crippen molar-refractivity contribution in [2.24, 2.45) is 0 Å². The Morgan fingerprint density at radius 3 is 2.54 bits per heavy atom. The average molecular weight is 421 g/mol. The second kappa shape index (κ2) is 9.37. The van der Waals surface area contributed by atoms with Crippen molar-refractivity contribution in [2.75, 3.05) is 6.54 Å². The average Bonchev–Trinajstić information content (AvgIpc) is 2.65. The molecule has 0 aliphatic rings. The number of phenols is 1. The molecule has 0 aliphatic heterocycles. The van der Waals surface area contributed by atoms with Crippen molar-refractivity contribution in [2.45, 2.75) is 38.5 Å². The molecule has 0 amide bonds. The van der Waals surface area contributed by atoms with E-state index in [2.05, 4.69) is 9.71 Å². The molecule has 0 saturated carbocycles. The van der Waals surface area contributed by atoms with E-state index in [1.165, 1.54) is 11.6 Å². The van der Waals surface area contributed by atoms with E-state index >= 15 is 0 Å². The molecule has 3 rings (SSSR count). The van der Waals surface area contributed by atoms with Gasteiger partial charge in [-0.25, -0.2) is 18.1 Å². The second-order valence-electron chi connectivity index (χ2n) is 6.39. The second-order valence-corrected chi connectivity index (χ2v) is 8.54. The molecule has 7 heteroatoms. The lowest BCUT2D eigenvalue weighted by Crippen LogP contribution is -2.25. The number of nitrogens with one attached hydrogen (secondary N) is 1. The number of fused-ring (bicyclic) bond motifs is 1. The van der Waals surface area contributed by atoms with Gasteiger partial charge < -0.3 is 5.11 Å². The fraction of sp³-hybridized carbons (Fsp3) is 0.286. The third-order valence-corrected chi connectivity index (χ3v) is 6.11. The zero-order chi connectivity index (χ0) is 19.4. The van der Waals surface area contributed by atoms with E-state index in [0.717, 1.165) is 12.8 Å². The standard InChI is InChI=1S/C20H21ClN2O3S.CH4/c1-14-10-11-16-17(21)13-18(20(24)19(16)23-14)27(25,26)22-12-6-5-9-15-7-3-2-4-8-15;/h2-4,7-8,10-11,13,22,24H,5-6,9,12H2,1H3;1H4. The highest BCUT2D eigenvalue weighted by Crippen LogP contribution is 2.35. The summed E-state index contributed by atoms with van der Waals surface area (Å²) >= 11 is 6.20. The summed E-state index contributed by atoms with van der Waals surface area (Å²) in [5.41, 5.74) is 2.07. The Labute approximate surface area is 171 Å². The summed E-state index contributed by atoms with van der Waals surface area (Å²) in [6.45, 7) is 2.05. The summed E-state index contributed by atoms with van der Waals surface area (Å²) in [4.78, 5) is 3.98. The van der Waals surface area contributed by atoms with Gasteiger partial charge in [0.15, 0.2) is 5.75 Å². The van der Waals surface area contributed by atoms with Crippen LogP contribution in [0.15, 0.2) is 53.4 Å². The Kier molecular flexibility index (Phi) is 7.41. The van der Waals surface area contributed by atoms with Crippen molar-refractivity contribution in [1.82, 2.24) is 9.71 Å². The number of aryl methyl sites for hydroxylation is 2. The smallest absolute Gasteiger partial charge is 0.244 e. The number of nitrogens with zero attached hydrogens (tertiary/aromatic N) is 1. The topological polar surface area (TPSA) is 79.3 Å². The molecule has 0 fully saturated rings. The zero-order valence-corrected chi connectivity index (χ0v) is 16.5. The van der Waals surface area contributed by atoms with Crippen LogP contribution in [0.2, 0.25) is 5.02 Å². The monoisotopic (exact) mass is 420 g/mol. The van der Waals surface area contributed by atoms with Crippen molar-refractivity contribution < 1.29 is 13.5 Å². The van der Waals surface area contributed by atoms with Gasteiger partial charge in [-0.1, -0.05) is 49.4 Å². The molecule has 0 radical (unpaired) electrons. The molecular weight excluding hydrogens is 396 g/mol. The first kappa shape index (κ1) is 22.1. The first-order chi connectivity index (χ1) is 12.9. The van der Waals surface area contributed by atoms with E-state index in [4.69, 9.17) is 11.6 Å². The van der Waals surface area contributed by atoms with Crippen LogP contribution in [0.4, 0.5) is 0 Å². The lowest BCUT2D eigenvalue weighted by Gasteiger charge is -2.11. The van der Waals surface area contributed by atoms with Gasteiger partial charge in [0.25, 0.3) is 0 Å². The molecule has 0 saturated heterocycles. The summed E-state index contributed by atoms with van der Waals surface area (Å²) in [7, 11) is -3.89. The summed E-state index contributed by atoms with van der Waals surface area (Å²) in [6.07, 6.45) is 2.43. The van der Waals surface area contributed by atoms with Gasteiger partial charge in [-0.3, -0.25) is 0 Å². The molecule has 0 aliphatic carbocycles. The van der Waals surface area contributed by atoms with Crippen LogP contribution in [0.1, 0.15) is 31.5 Å². The Morgan fingerprint density at radius 1 is 1.11 bits per heavy atom. The lowest BCUT2D eigenvalue weighted by atomic mass is 10.1. The third-order valence-electron chi connectivity index (χ3n) is 4.32. The summed E-state index contributed by atoms with van der Waals surface area (Å²) in [5.74, 6) is -0.380. The lowest BCUT2D eigenvalue weighted by molar-refractivity contribution is 0.463. The molecule has 0 atom stereocenters. The number of rotatable bonds is 7. The molecule has 3 aromatic rings. The summed E-state index contributed by atoms with van der Waals surface area (Å²) in [6, 6.07) is 14.8. The number of aromatic hydroxyl groups is 1. The molecule has 5 nitrogen and oxygen atoms in total. The van der Waals surface area contributed by atoms with Gasteiger partial charge in [0.2, 0.25) is 10.0 Å². The van der Waals surface area contributed by atoms with Gasteiger partial charge in [-0.15, -0.1) is 0 Å². The van der Waals surface area contributed by atoms with E-state index in [0.29, 0.717) is 17.5 Å². The van der Waals surface area contributed by atoms with Crippen molar-refractivity contribution in [3.05, 3.63) is 64.8 Å². The van der Waals surface area contributed by atoms with Gasteiger partial charge in [0.1, 0.15) is 10.4 Å². The molecule has 150 valence electrons. The molecule has 1 aromatic heterocycles. The normalized spacial score (nSPS) is 11.4. The highest BCUT2D eigenvalue weighted by molar-refractivity contribution is 7.89. The Morgan fingerprint density at radius 2 is 1.82 bits per heavy atom. The van der Waals surface area contributed by atoms with E-state index < -0.39 is 10.0 Å². The Balaban J connectivity index is 0.00000280. The van der Waals surface area contributed by atoms with Crippen molar-refractivity contribution in [3.63, 3.8) is 0 Å². The summed E-state index contributed by atoms with van der Waals surface area (Å²) in [5, 5.41) is 11.2. The predicted octanol–water partition coefficient (Wildman–Crippen LogP) is 4.84. The number of hydrogen-bond acceptors (Lipinski definition) is 4. The SMILES string of the molecule is C.Cc1ccc2c(Cl)cc(S(=O)(=O)NCCCCc3ccccc3)c(O)c2n1. The maximum atomic E-state index is 12.6. The van der Waals surface area contributed by atoms with Crippen LogP contribution in [0.25, 0.3) is 10.9 Å². The highest BCUT2D eigenvalue weighted by Gasteiger charge is 2.22. The maximum absolute atomic E-state index is 12.6. The Bertz CT molecular complexity index is 1050. The molecule has 1 heterocycles. The van der Waals surface area contributed by atoms with E-state index in [9.17, 15) is 13.5 Å². The minimum atomic E-state index is -3.89. The van der Waals surface area contributed by atoms with Crippen LogP contribution in [0, 0.1) is 6.92 Å². The van der Waals surface area contributed by atoms with Crippen LogP contribution in [-0.4, -0.2) is 25.1 Å². The van der Waals surface area contributed by atoms with Crippen LogP contribution < -0.4 is 4.72 Å². The molecule has 2 N–H and O–H groups in total. The van der Waals surface area contributed by atoms with Crippen molar-refractivity contribution >= 4 is 32.5 Å². The maximum Gasteiger partial charge on any atom is 0.244 e. The van der Waals surface area contributed by atoms with Crippen LogP contribution in [0.3, 0.4) is 0 Å². The number of hydrogen-bond donors (Lipinski definition) is 2. The quantitative estimate of drug-likeness (QED) is 0.536. The molecule has 2 aromatic carbocycles. The van der Waals surface area contributed by atoms with Gasteiger partial charge in [0.05, 0.1) is 5.02 Å². The van der Waals surface area contributed by atoms with Crippen molar-refractivity contribution in [3.8, 4) is 5.75 Å². The number of halogens is 1. The van der Waals surface area contributed by atoms with Crippen molar-refractivity contribution in [1.29, 1.82) is 0 Å². The molecule has 0 spiro atoms. The zero-order valence-electron chi connectivity index (χ0n) is 14.9. The number of unbranched alkanes of at least 4 members (excludes halogenated alkanes) is 1.